The van der Waals surface area contributed by atoms with E-state index in [4.69, 9.17) is 0 Å². The van der Waals surface area contributed by atoms with Crippen molar-refractivity contribution < 1.29 is 4.79 Å². The van der Waals surface area contributed by atoms with Crippen molar-refractivity contribution in [3.05, 3.63) is 65.0 Å². The number of ketones is 1. The molecular formula is C16H17NO. The van der Waals surface area contributed by atoms with Crippen LogP contribution >= 0.6 is 0 Å². The van der Waals surface area contributed by atoms with Crippen LogP contribution in [0.3, 0.4) is 0 Å². The minimum Gasteiger partial charge on any atom is -0.287 e. The van der Waals surface area contributed by atoms with E-state index >= 15 is 0 Å². The van der Waals surface area contributed by atoms with Crippen LogP contribution < -0.4 is 0 Å². The Balaban J connectivity index is 2.29. The molecule has 0 saturated carbocycles. The van der Waals surface area contributed by atoms with Crippen LogP contribution in [0.5, 0.6) is 0 Å². The van der Waals surface area contributed by atoms with Crippen molar-refractivity contribution >= 4 is 5.78 Å². The molecule has 0 aliphatic carbocycles. The predicted octanol–water partition coefficient (Wildman–Crippen LogP) is 3.74. The SMILES string of the molecule is Cc1ccnc(C(=O)c2ccc(C(C)C)cc2)c1. The van der Waals surface area contributed by atoms with E-state index in [1.165, 1.54) is 5.56 Å². The van der Waals surface area contributed by atoms with Gasteiger partial charge in [0, 0.05) is 11.8 Å². The number of aromatic nitrogens is 1. The Labute approximate surface area is 108 Å². The van der Waals surface area contributed by atoms with Gasteiger partial charge in [-0.2, -0.15) is 0 Å². The minimum atomic E-state index is -0.0194. The molecule has 0 bridgehead atoms. The second-order valence-electron chi connectivity index (χ2n) is 4.82. The molecule has 0 fully saturated rings. The average molecular weight is 239 g/mol. The van der Waals surface area contributed by atoms with E-state index in [0.717, 1.165) is 5.56 Å². The van der Waals surface area contributed by atoms with E-state index in [1.54, 1.807) is 6.20 Å². The van der Waals surface area contributed by atoms with Gasteiger partial charge in [0.2, 0.25) is 5.78 Å². The number of nitrogens with zero attached hydrogens (tertiary/aromatic N) is 1. The largest absolute Gasteiger partial charge is 0.287 e. The second kappa shape index (κ2) is 5.13. The summed E-state index contributed by atoms with van der Waals surface area (Å²) >= 11 is 0. The predicted molar refractivity (Wildman–Crippen MR) is 72.9 cm³/mol. The number of benzene rings is 1. The van der Waals surface area contributed by atoms with E-state index in [2.05, 4.69) is 18.8 Å². The zero-order valence-corrected chi connectivity index (χ0v) is 11.0. The van der Waals surface area contributed by atoms with E-state index in [9.17, 15) is 4.79 Å². The number of carbonyl (C=O) groups is 1. The fraction of sp³-hybridized carbons (Fsp3) is 0.250. The van der Waals surface area contributed by atoms with Crippen LogP contribution in [0.1, 0.15) is 46.9 Å². The molecule has 0 aliphatic rings. The van der Waals surface area contributed by atoms with Gasteiger partial charge in [0.25, 0.3) is 0 Å². The quantitative estimate of drug-likeness (QED) is 0.764. The molecule has 2 nitrogen and oxygen atoms in total. The maximum absolute atomic E-state index is 12.2. The number of rotatable bonds is 3. The van der Waals surface area contributed by atoms with E-state index < -0.39 is 0 Å². The fourth-order valence-electron chi connectivity index (χ4n) is 1.83. The van der Waals surface area contributed by atoms with Gasteiger partial charge in [0.15, 0.2) is 0 Å². The first-order valence-corrected chi connectivity index (χ1v) is 6.15. The molecule has 2 heteroatoms. The summed E-state index contributed by atoms with van der Waals surface area (Å²) < 4.78 is 0. The Morgan fingerprint density at radius 2 is 1.78 bits per heavy atom. The topological polar surface area (TPSA) is 30.0 Å². The molecule has 1 aromatic carbocycles. The zero-order valence-electron chi connectivity index (χ0n) is 11.0. The lowest BCUT2D eigenvalue weighted by atomic mass is 9.99. The van der Waals surface area contributed by atoms with Crippen molar-refractivity contribution in [1.29, 1.82) is 0 Å². The molecule has 2 rings (SSSR count). The Kier molecular flexibility index (Phi) is 3.56. The first-order valence-electron chi connectivity index (χ1n) is 6.15. The molecular weight excluding hydrogens is 222 g/mol. The molecule has 0 saturated heterocycles. The van der Waals surface area contributed by atoms with Gasteiger partial charge < -0.3 is 0 Å². The molecule has 0 spiro atoms. The first-order chi connectivity index (χ1) is 8.58. The monoisotopic (exact) mass is 239 g/mol. The Morgan fingerprint density at radius 3 is 2.33 bits per heavy atom. The summed E-state index contributed by atoms with van der Waals surface area (Å²) in [6, 6.07) is 11.5. The van der Waals surface area contributed by atoms with E-state index in [0.29, 0.717) is 17.2 Å². The van der Waals surface area contributed by atoms with Gasteiger partial charge in [-0.25, -0.2) is 0 Å². The van der Waals surface area contributed by atoms with Gasteiger partial charge in [-0.3, -0.25) is 9.78 Å². The van der Waals surface area contributed by atoms with Crippen molar-refractivity contribution in [1.82, 2.24) is 4.98 Å². The van der Waals surface area contributed by atoms with Crippen molar-refractivity contribution in [2.75, 3.05) is 0 Å². The average Bonchev–Trinajstić information content (AvgIpc) is 2.38. The lowest BCUT2D eigenvalue weighted by Crippen LogP contribution is -2.04. The molecule has 1 heterocycles. The summed E-state index contributed by atoms with van der Waals surface area (Å²) in [6.45, 7) is 6.23. The summed E-state index contributed by atoms with van der Waals surface area (Å²) in [6.07, 6.45) is 1.67. The van der Waals surface area contributed by atoms with Gasteiger partial charge >= 0.3 is 0 Å². The first kappa shape index (κ1) is 12.5. The lowest BCUT2D eigenvalue weighted by molar-refractivity contribution is 0.103. The maximum atomic E-state index is 12.2. The van der Waals surface area contributed by atoms with Crippen LogP contribution in [0.25, 0.3) is 0 Å². The molecule has 0 aliphatic heterocycles. The molecule has 0 radical (unpaired) electrons. The Morgan fingerprint density at radius 1 is 1.11 bits per heavy atom. The van der Waals surface area contributed by atoms with Crippen LogP contribution in [0.4, 0.5) is 0 Å². The van der Waals surface area contributed by atoms with Gasteiger partial charge in [-0.05, 0) is 36.1 Å². The summed E-state index contributed by atoms with van der Waals surface area (Å²) in [7, 11) is 0. The third kappa shape index (κ3) is 2.65. The minimum absolute atomic E-state index is 0.0194. The van der Waals surface area contributed by atoms with E-state index in [-0.39, 0.29) is 5.78 Å². The highest BCUT2D eigenvalue weighted by Crippen LogP contribution is 2.16. The smallest absolute Gasteiger partial charge is 0.211 e. The zero-order chi connectivity index (χ0) is 13.1. The summed E-state index contributed by atoms with van der Waals surface area (Å²) in [5, 5.41) is 0. The summed E-state index contributed by atoms with van der Waals surface area (Å²) in [5.41, 5.74) is 3.49. The third-order valence-electron chi connectivity index (χ3n) is 2.99. The molecule has 0 N–H and O–H groups in total. The number of hydrogen-bond donors (Lipinski definition) is 0. The standard InChI is InChI=1S/C16H17NO/c1-11(2)13-4-6-14(7-5-13)16(18)15-10-12(3)8-9-17-15/h4-11H,1-3H3. The summed E-state index contributed by atoms with van der Waals surface area (Å²) in [4.78, 5) is 16.3. The molecule has 18 heavy (non-hydrogen) atoms. The molecule has 1 aromatic heterocycles. The van der Waals surface area contributed by atoms with Gasteiger partial charge in [0.05, 0.1) is 0 Å². The van der Waals surface area contributed by atoms with Crippen molar-refractivity contribution in [3.63, 3.8) is 0 Å². The molecule has 0 amide bonds. The number of aryl methyl sites for hydroxylation is 1. The summed E-state index contributed by atoms with van der Waals surface area (Å²) in [5.74, 6) is 0.459. The molecule has 0 unspecified atom stereocenters. The number of carbonyl (C=O) groups excluding carboxylic acids is 1. The molecule has 92 valence electrons. The van der Waals surface area contributed by atoms with Crippen LogP contribution in [0.15, 0.2) is 42.6 Å². The third-order valence-corrected chi connectivity index (χ3v) is 2.99. The van der Waals surface area contributed by atoms with Crippen molar-refractivity contribution in [2.24, 2.45) is 0 Å². The van der Waals surface area contributed by atoms with Crippen LogP contribution in [-0.2, 0) is 0 Å². The highest BCUT2D eigenvalue weighted by Gasteiger charge is 2.10. The highest BCUT2D eigenvalue weighted by molar-refractivity contribution is 6.07. The van der Waals surface area contributed by atoms with E-state index in [1.807, 2.05) is 43.3 Å². The van der Waals surface area contributed by atoms with Gasteiger partial charge in [0.1, 0.15) is 5.69 Å². The Hall–Kier alpha value is -1.96. The maximum Gasteiger partial charge on any atom is 0.211 e. The van der Waals surface area contributed by atoms with Crippen LogP contribution in [-0.4, -0.2) is 10.8 Å². The number of hydrogen-bond acceptors (Lipinski definition) is 2. The Bertz CT molecular complexity index is 556. The second-order valence-corrected chi connectivity index (χ2v) is 4.82. The van der Waals surface area contributed by atoms with Crippen LogP contribution in [0, 0.1) is 6.92 Å². The van der Waals surface area contributed by atoms with Gasteiger partial charge in [-0.1, -0.05) is 38.1 Å². The van der Waals surface area contributed by atoms with Crippen molar-refractivity contribution in [3.8, 4) is 0 Å². The van der Waals surface area contributed by atoms with Gasteiger partial charge in [-0.15, -0.1) is 0 Å². The van der Waals surface area contributed by atoms with Crippen LogP contribution in [0.2, 0.25) is 0 Å². The van der Waals surface area contributed by atoms with Crippen molar-refractivity contribution in [2.45, 2.75) is 26.7 Å². The number of pyridine rings is 1. The fourth-order valence-corrected chi connectivity index (χ4v) is 1.83. The molecule has 0 atom stereocenters. The molecule has 2 aromatic rings. The lowest BCUT2D eigenvalue weighted by Gasteiger charge is -2.06. The normalized spacial score (nSPS) is 10.7. The highest BCUT2D eigenvalue weighted by atomic mass is 16.1.